The molecule has 2 heterocycles. The lowest BCUT2D eigenvalue weighted by Gasteiger charge is -2.15. The van der Waals surface area contributed by atoms with E-state index in [1.807, 2.05) is 24.3 Å². The molecular weight excluding hydrogens is 376 g/mol. The summed E-state index contributed by atoms with van der Waals surface area (Å²) in [6.07, 6.45) is 0. The largest absolute Gasteiger partial charge is 0.617 e. The number of hydrogen-bond donors (Lipinski definition) is 0. The number of carbonyl (C=O) groups excluding carboxylic acids is 1. The number of aromatic nitrogens is 1. The number of benzene rings is 1. The predicted octanol–water partition coefficient (Wildman–Crippen LogP) is 3.09. The summed E-state index contributed by atoms with van der Waals surface area (Å²) in [6, 6.07) is 12.7. The number of carbonyl (C=O) groups is 1. The summed E-state index contributed by atoms with van der Waals surface area (Å²) in [5.74, 6) is 1.86. The summed E-state index contributed by atoms with van der Waals surface area (Å²) in [5, 5.41) is 13.1. The van der Waals surface area contributed by atoms with Gasteiger partial charge < -0.3 is 9.94 Å². The van der Waals surface area contributed by atoms with Crippen LogP contribution in [0.3, 0.4) is 0 Å². The molecule has 1 aliphatic heterocycles. The molecule has 1 saturated heterocycles. The van der Waals surface area contributed by atoms with Crippen LogP contribution in [0.1, 0.15) is 16.1 Å². The Balaban J connectivity index is 1.74. The third kappa shape index (κ3) is 4.08. The molecule has 1 aromatic heterocycles. The first-order valence-electron chi connectivity index (χ1n) is 7.57. The summed E-state index contributed by atoms with van der Waals surface area (Å²) < 4.78 is 6.36. The number of methoxy groups -OCH3 is 1. The minimum atomic E-state index is -0.336. The molecule has 25 heavy (non-hydrogen) atoms. The number of pyridine rings is 1. The lowest BCUT2D eigenvalue weighted by Crippen LogP contribution is -2.43. The van der Waals surface area contributed by atoms with Gasteiger partial charge >= 0.3 is 5.91 Å². The van der Waals surface area contributed by atoms with Crippen LogP contribution in [0.2, 0.25) is 0 Å². The van der Waals surface area contributed by atoms with Crippen molar-refractivity contribution in [3.8, 4) is 5.75 Å². The highest BCUT2D eigenvalue weighted by atomic mass is 32.2. The molecule has 0 atom stereocenters. The Morgan fingerprint density at radius 3 is 2.76 bits per heavy atom. The molecule has 0 radical (unpaired) electrons. The molecule has 2 aromatic rings. The third-order valence-corrected chi connectivity index (χ3v) is 6.19. The smallest absolute Gasteiger partial charge is 0.325 e. The van der Waals surface area contributed by atoms with Gasteiger partial charge in [0.15, 0.2) is 0 Å². The Bertz CT molecular complexity index is 796. The van der Waals surface area contributed by atoms with Crippen molar-refractivity contribution < 1.29 is 14.3 Å². The van der Waals surface area contributed by atoms with E-state index in [-0.39, 0.29) is 11.6 Å². The van der Waals surface area contributed by atoms with E-state index < -0.39 is 0 Å². The number of thiocarbonyl (C=S) groups is 1. The van der Waals surface area contributed by atoms with Gasteiger partial charge in [-0.15, -0.1) is 0 Å². The van der Waals surface area contributed by atoms with Crippen LogP contribution in [0.25, 0.3) is 0 Å². The second-order valence-electron chi connectivity index (χ2n) is 5.25. The highest BCUT2D eigenvalue weighted by molar-refractivity contribution is 8.23. The fourth-order valence-corrected chi connectivity index (χ4v) is 4.44. The van der Waals surface area contributed by atoms with E-state index in [1.165, 1.54) is 28.4 Å². The molecule has 1 amide bonds. The molecule has 1 aromatic carbocycles. The van der Waals surface area contributed by atoms with E-state index in [1.54, 1.807) is 25.3 Å². The monoisotopic (exact) mass is 392 g/mol. The van der Waals surface area contributed by atoms with Gasteiger partial charge in [0.05, 0.1) is 7.11 Å². The van der Waals surface area contributed by atoms with Crippen molar-refractivity contribution in [1.82, 2.24) is 4.90 Å². The maximum Gasteiger partial charge on any atom is 0.325 e. The summed E-state index contributed by atoms with van der Waals surface area (Å²) >= 11 is 8.02. The van der Waals surface area contributed by atoms with Crippen LogP contribution in [0.5, 0.6) is 5.75 Å². The standard InChI is InChI=1S/C17H16N2O3S3/c1-22-13-7-5-12(6-8-13)11-25-15-4-2-3-14(19(15)21)16(20)18-9-10-24-17(18)23/h2-8H,9-11H2,1H3. The number of amides is 1. The van der Waals surface area contributed by atoms with Crippen molar-refractivity contribution in [2.45, 2.75) is 10.8 Å². The maximum atomic E-state index is 12.6. The van der Waals surface area contributed by atoms with Crippen LogP contribution in [-0.2, 0) is 5.75 Å². The minimum absolute atomic E-state index is 0.101. The van der Waals surface area contributed by atoms with Crippen molar-refractivity contribution in [2.24, 2.45) is 0 Å². The fourth-order valence-electron chi connectivity index (χ4n) is 2.34. The Labute approximate surface area is 159 Å². The Morgan fingerprint density at radius 1 is 1.36 bits per heavy atom. The summed E-state index contributed by atoms with van der Waals surface area (Å²) in [6.45, 7) is 0.547. The zero-order valence-electron chi connectivity index (χ0n) is 13.5. The zero-order valence-corrected chi connectivity index (χ0v) is 16.0. The molecule has 0 saturated carbocycles. The van der Waals surface area contributed by atoms with E-state index in [9.17, 15) is 10.0 Å². The molecule has 130 valence electrons. The van der Waals surface area contributed by atoms with Crippen LogP contribution in [0.15, 0.2) is 47.5 Å². The van der Waals surface area contributed by atoms with Crippen LogP contribution < -0.4 is 9.47 Å². The Morgan fingerprint density at radius 2 is 2.12 bits per heavy atom. The van der Waals surface area contributed by atoms with Crippen LogP contribution in [-0.4, -0.2) is 34.5 Å². The normalized spacial score (nSPS) is 14.0. The second kappa shape index (κ2) is 8.07. The van der Waals surface area contributed by atoms with E-state index in [2.05, 4.69) is 0 Å². The minimum Gasteiger partial charge on any atom is -0.617 e. The lowest BCUT2D eigenvalue weighted by atomic mass is 10.2. The quantitative estimate of drug-likeness (QED) is 0.337. The molecular formula is C17H16N2O3S3. The maximum absolute atomic E-state index is 12.6. The van der Waals surface area contributed by atoms with E-state index in [4.69, 9.17) is 17.0 Å². The van der Waals surface area contributed by atoms with Crippen LogP contribution >= 0.6 is 35.7 Å². The Hall–Kier alpha value is -1.77. The van der Waals surface area contributed by atoms with Crippen molar-refractivity contribution in [2.75, 3.05) is 19.4 Å². The van der Waals surface area contributed by atoms with E-state index >= 15 is 0 Å². The fraction of sp³-hybridized carbons (Fsp3) is 0.235. The SMILES string of the molecule is COc1ccc(CSc2cccc(C(=O)N3CCSC3=S)[n+]2[O-])cc1. The van der Waals surface area contributed by atoms with Gasteiger partial charge in [-0.1, -0.05) is 47.9 Å². The van der Waals surface area contributed by atoms with Crippen LogP contribution in [0, 0.1) is 5.21 Å². The molecule has 0 spiro atoms. The predicted molar refractivity (Wildman–Crippen MR) is 104 cm³/mol. The first-order valence-corrected chi connectivity index (χ1v) is 9.95. The summed E-state index contributed by atoms with van der Waals surface area (Å²) in [4.78, 5) is 14.0. The number of nitrogens with zero attached hydrogens (tertiary/aromatic N) is 2. The topological polar surface area (TPSA) is 56.5 Å². The van der Waals surface area contributed by atoms with E-state index in [0.717, 1.165) is 17.1 Å². The zero-order chi connectivity index (χ0) is 17.8. The van der Waals surface area contributed by atoms with Gasteiger partial charge in [0.1, 0.15) is 10.1 Å². The first-order chi connectivity index (χ1) is 12.1. The molecule has 0 bridgehead atoms. The summed E-state index contributed by atoms with van der Waals surface area (Å²) in [7, 11) is 1.62. The highest BCUT2D eigenvalue weighted by Gasteiger charge is 2.30. The molecule has 0 aliphatic carbocycles. The molecule has 8 heteroatoms. The van der Waals surface area contributed by atoms with Crippen molar-refractivity contribution in [3.63, 3.8) is 0 Å². The Kier molecular flexibility index (Phi) is 5.82. The van der Waals surface area contributed by atoms with Crippen molar-refractivity contribution in [1.29, 1.82) is 0 Å². The molecule has 0 unspecified atom stereocenters. The molecule has 0 N–H and O–H groups in total. The molecule has 3 rings (SSSR count). The van der Waals surface area contributed by atoms with Crippen molar-refractivity contribution >= 4 is 46.0 Å². The number of rotatable bonds is 5. The number of thioether (sulfide) groups is 2. The highest BCUT2D eigenvalue weighted by Crippen LogP contribution is 2.23. The average Bonchev–Trinajstić information content (AvgIpc) is 3.07. The first kappa shape index (κ1) is 18.0. The summed E-state index contributed by atoms with van der Waals surface area (Å²) in [5.41, 5.74) is 1.17. The van der Waals surface area contributed by atoms with Gasteiger partial charge in [-0.2, -0.15) is 4.73 Å². The second-order valence-corrected chi connectivity index (χ2v) is 7.98. The van der Waals surface area contributed by atoms with E-state index in [0.29, 0.717) is 26.4 Å². The molecule has 1 aliphatic rings. The van der Waals surface area contributed by atoms with Gasteiger partial charge in [-0.25, -0.2) is 0 Å². The van der Waals surface area contributed by atoms with Gasteiger partial charge in [0.25, 0.3) is 10.7 Å². The van der Waals surface area contributed by atoms with Crippen LogP contribution in [0.4, 0.5) is 0 Å². The van der Waals surface area contributed by atoms with Gasteiger partial charge in [-0.3, -0.25) is 9.69 Å². The van der Waals surface area contributed by atoms with Crippen molar-refractivity contribution in [3.05, 3.63) is 58.9 Å². The average molecular weight is 393 g/mol. The number of ether oxygens (including phenoxy) is 1. The van der Waals surface area contributed by atoms with Gasteiger partial charge in [0, 0.05) is 30.2 Å². The molecule has 5 nitrogen and oxygen atoms in total. The third-order valence-electron chi connectivity index (χ3n) is 3.68. The molecule has 1 fully saturated rings. The lowest BCUT2D eigenvalue weighted by molar-refractivity contribution is -0.647. The van der Waals surface area contributed by atoms with Gasteiger partial charge in [0.2, 0.25) is 0 Å². The number of hydrogen-bond acceptors (Lipinski definition) is 6. The van der Waals surface area contributed by atoms with Gasteiger partial charge in [-0.05, 0) is 23.8 Å².